The van der Waals surface area contributed by atoms with Crippen molar-refractivity contribution in [2.75, 3.05) is 5.73 Å². The Balaban J connectivity index is 2.25. The topological polar surface area (TPSA) is 72.2 Å². The minimum Gasteiger partial charge on any atom is -0.398 e. The van der Waals surface area contributed by atoms with Crippen LogP contribution in [0.4, 0.5) is 5.69 Å². The first-order valence-electron chi connectivity index (χ1n) is 5.78. The van der Waals surface area contributed by atoms with Crippen molar-refractivity contribution in [2.24, 2.45) is 0 Å². The zero-order valence-electron chi connectivity index (χ0n) is 10.6. The molecule has 8 heteroatoms. The van der Waals surface area contributed by atoms with E-state index in [1.54, 1.807) is 0 Å². The predicted molar refractivity (Wildman–Crippen MR) is 91.7 cm³/mol. The summed E-state index contributed by atoms with van der Waals surface area (Å²) in [5.41, 5.74) is 6.82. The number of nitrogen functional groups attached to an aromatic ring is 1. The van der Waals surface area contributed by atoms with Crippen molar-refractivity contribution >= 4 is 59.2 Å². The van der Waals surface area contributed by atoms with Crippen LogP contribution >= 0.6 is 43.5 Å². The highest BCUT2D eigenvalue weighted by atomic mass is 79.9. The largest absolute Gasteiger partial charge is 0.398 e. The molecule has 0 bridgehead atoms. The van der Waals surface area contributed by atoms with Crippen molar-refractivity contribution in [2.45, 2.75) is 11.4 Å². The highest BCUT2D eigenvalue weighted by Gasteiger charge is 2.20. The van der Waals surface area contributed by atoms with Crippen LogP contribution in [0, 0.1) is 0 Å². The molecule has 0 heterocycles. The lowest BCUT2D eigenvalue weighted by Gasteiger charge is -2.11. The summed E-state index contributed by atoms with van der Waals surface area (Å²) in [6, 6.07) is 10.2. The van der Waals surface area contributed by atoms with Gasteiger partial charge in [0.2, 0.25) is 10.0 Å². The third kappa shape index (κ3) is 4.20. The van der Waals surface area contributed by atoms with Crippen LogP contribution in [0.3, 0.4) is 0 Å². The van der Waals surface area contributed by atoms with E-state index in [1.165, 1.54) is 12.1 Å². The molecule has 2 rings (SSSR count). The number of halogens is 3. The maximum absolute atomic E-state index is 12.3. The normalized spacial score (nSPS) is 11.6. The van der Waals surface area contributed by atoms with Crippen molar-refractivity contribution in [1.29, 1.82) is 0 Å². The minimum atomic E-state index is -3.72. The van der Waals surface area contributed by atoms with Crippen LogP contribution in [0.5, 0.6) is 0 Å². The highest BCUT2D eigenvalue weighted by molar-refractivity contribution is 9.10. The predicted octanol–water partition coefficient (Wildman–Crippen LogP) is 3.93. The molecule has 0 aliphatic heterocycles. The Kier molecular flexibility index (Phi) is 5.32. The molecule has 21 heavy (non-hydrogen) atoms. The van der Waals surface area contributed by atoms with Crippen molar-refractivity contribution in [3.8, 4) is 0 Å². The van der Waals surface area contributed by atoms with Crippen LogP contribution in [0.1, 0.15) is 5.56 Å². The van der Waals surface area contributed by atoms with Crippen LogP contribution in [-0.2, 0) is 16.6 Å². The highest BCUT2D eigenvalue weighted by Crippen LogP contribution is 2.31. The molecule has 0 aromatic heterocycles. The number of benzene rings is 2. The molecule has 112 valence electrons. The number of nitrogens with two attached hydrogens (primary N) is 1. The van der Waals surface area contributed by atoms with Gasteiger partial charge in [-0.3, -0.25) is 0 Å². The average molecular weight is 455 g/mol. The molecule has 2 aromatic rings. The van der Waals surface area contributed by atoms with Crippen molar-refractivity contribution in [3.05, 3.63) is 55.9 Å². The van der Waals surface area contributed by atoms with Gasteiger partial charge in [-0.2, -0.15) is 0 Å². The van der Waals surface area contributed by atoms with E-state index in [0.29, 0.717) is 4.47 Å². The summed E-state index contributed by atoms with van der Waals surface area (Å²) in [4.78, 5) is 0.0182. The molecule has 0 fully saturated rings. The maximum atomic E-state index is 12.3. The zero-order chi connectivity index (χ0) is 15.6. The Morgan fingerprint density at radius 3 is 2.38 bits per heavy atom. The van der Waals surface area contributed by atoms with E-state index in [4.69, 9.17) is 17.3 Å². The summed E-state index contributed by atoms with van der Waals surface area (Å²) >= 11 is 12.4. The fourth-order valence-electron chi connectivity index (χ4n) is 1.64. The Morgan fingerprint density at radius 1 is 1.14 bits per heavy atom. The standard InChI is InChI=1S/C13H11Br2ClN2O2S/c14-9-3-1-8(2-4-9)7-18-21(19,20)12-6-10(16)5-11(17)13(12)15/h1-6,18H,7,17H2. The average Bonchev–Trinajstić information content (AvgIpc) is 2.42. The van der Waals surface area contributed by atoms with Gasteiger partial charge in [0, 0.05) is 21.7 Å². The number of hydrogen-bond donors (Lipinski definition) is 2. The van der Waals surface area contributed by atoms with Gasteiger partial charge in [-0.05, 0) is 45.8 Å². The van der Waals surface area contributed by atoms with Crippen LogP contribution in [0.15, 0.2) is 50.2 Å². The van der Waals surface area contributed by atoms with E-state index in [2.05, 4.69) is 36.6 Å². The van der Waals surface area contributed by atoms with Crippen LogP contribution in [0.2, 0.25) is 5.02 Å². The van der Waals surface area contributed by atoms with E-state index < -0.39 is 10.0 Å². The molecule has 0 saturated carbocycles. The van der Waals surface area contributed by atoms with Crippen molar-refractivity contribution < 1.29 is 8.42 Å². The molecule has 2 aromatic carbocycles. The summed E-state index contributed by atoms with van der Waals surface area (Å²) in [5.74, 6) is 0. The second-order valence-corrected chi connectivity index (χ2v) is 8.14. The lowest BCUT2D eigenvalue weighted by Crippen LogP contribution is -2.23. The van der Waals surface area contributed by atoms with Crippen molar-refractivity contribution in [1.82, 2.24) is 4.72 Å². The Labute approximate surface area is 145 Å². The van der Waals surface area contributed by atoms with Crippen LogP contribution < -0.4 is 10.5 Å². The van der Waals surface area contributed by atoms with Crippen LogP contribution in [-0.4, -0.2) is 8.42 Å². The molecule has 0 atom stereocenters. The van der Waals surface area contributed by atoms with Gasteiger partial charge in [0.25, 0.3) is 0 Å². The summed E-state index contributed by atoms with van der Waals surface area (Å²) in [7, 11) is -3.72. The first-order valence-corrected chi connectivity index (χ1v) is 9.23. The van der Waals surface area contributed by atoms with E-state index in [1.807, 2.05) is 24.3 Å². The Hall–Kier alpha value is -0.600. The van der Waals surface area contributed by atoms with E-state index >= 15 is 0 Å². The molecule has 0 saturated heterocycles. The van der Waals surface area contributed by atoms with Crippen molar-refractivity contribution in [3.63, 3.8) is 0 Å². The van der Waals surface area contributed by atoms with Crippen LogP contribution in [0.25, 0.3) is 0 Å². The van der Waals surface area contributed by atoms with Gasteiger partial charge in [-0.25, -0.2) is 13.1 Å². The molecular formula is C13H11Br2ClN2O2S. The second kappa shape index (κ2) is 6.66. The lowest BCUT2D eigenvalue weighted by atomic mass is 10.2. The fourth-order valence-corrected chi connectivity index (χ4v) is 4.21. The number of nitrogens with one attached hydrogen (secondary N) is 1. The fraction of sp³-hybridized carbons (Fsp3) is 0.0769. The lowest BCUT2D eigenvalue weighted by molar-refractivity contribution is 0.581. The maximum Gasteiger partial charge on any atom is 0.242 e. The van der Waals surface area contributed by atoms with Gasteiger partial charge in [0.05, 0.1) is 9.37 Å². The molecule has 0 unspecified atom stereocenters. The number of hydrogen-bond acceptors (Lipinski definition) is 3. The van der Waals surface area contributed by atoms with Gasteiger partial charge >= 0.3 is 0 Å². The SMILES string of the molecule is Nc1cc(Cl)cc(S(=O)(=O)NCc2ccc(Br)cc2)c1Br. The molecular weight excluding hydrogens is 443 g/mol. The second-order valence-electron chi connectivity index (χ2n) is 4.26. The van der Waals surface area contributed by atoms with Gasteiger partial charge in [0.15, 0.2) is 0 Å². The minimum absolute atomic E-state index is 0.0182. The summed E-state index contributed by atoms with van der Waals surface area (Å²) < 4.78 is 28.4. The van der Waals surface area contributed by atoms with Gasteiger partial charge in [-0.15, -0.1) is 0 Å². The monoisotopic (exact) mass is 452 g/mol. The quantitative estimate of drug-likeness (QED) is 0.688. The molecule has 0 aliphatic rings. The molecule has 0 amide bonds. The first kappa shape index (κ1) is 16.8. The smallest absolute Gasteiger partial charge is 0.242 e. The van der Waals surface area contributed by atoms with E-state index in [9.17, 15) is 8.42 Å². The Morgan fingerprint density at radius 2 is 1.76 bits per heavy atom. The van der Waals surface area contributed by atoms with Gasteiger partial charge in [0.1, 0.15) is 0 Å². The summed E-state index contributed by atoms with van der Waals surface area (Å²) in [6.45, 7) is 0.175. The van der Waals surface area contributed by atoms with E-state index in [-0.39, 0.29) is 22.2 Å². The number of sulfonamides is 1. The summed E-state index contributed by atoms with van der Waals surface area (Å²) in [6.07, 6.45) is 0. The van der Waals surface area contributed by atoms with Gasteiger partial charge < -0.3 is 5.73 Å². The molecule has 0 aliphatic carbocycles. The summed E-state index contributed by atoms with van der Waals surface area (Å²) in [5, 5.41) is 0.264. The number of anilines is 1. The Bertz CT molecular complexity index is 764. The number of rotatable bonds is 4. The first-order chi connectivity index (χ1) is 9.79. The third-order valence-electron chi connectivity index (χ3n) is 2.70. The molecule has 0 spiro atoms. The third-order valence-corrected chi connectivity index (χ3v) is 6.02. The zero-order valence-corrected chi connectivity index (χ0v) is 15.4. The van der Waals surface area contributed by atoms with E-state index in [0.717, 1.165) is 10.0 Å². The van der Waals surface area contributed by atoms with Gasteiger partial charge in [-0.1, -0.05) is 39.7 Å². The molecule has 0 radical (unpaired) electrons. The molecule has 4 nitrogen and oxygen atoms in total. The molecule has 3 N–H and O–H groups in total.